The van der Waals surface area contributed by atoms with E-state index in [2.05, 4.69) is 5.32 Å². The van der Waals surface area contributed by atoms with Crippen LogP contribution in [0.2, 0.25) is 0 Å². The lowest BCUT2D eigenvalue weighted by molar-refractivity contribution is 0.0507. The Hall–Kier alpha value is -2.08. The molecule has 0 atom stereocenters. The van der Waals surface area contributed by atoms with Gasteiger partial charge in [0.05, 0.1) is 6.61 Å². The molecule has 3 N–H and O–H groups in total. The van der Waals surface area contributed by atoms with Gasteiger partial charge in [-0.2, -0.15) is 0 Å². The van der Waals surface area contributed by atoms with E-state index < -0.39 is 6.03 Å². The van der Waals surface area contributed by atoms with Crippen LogP contribution in [0.4, 0.5) is 4.79 Å². The molecule has 0 radical (unpaired) electrons. The zero-order valence-corrected chi connectivity index (χ0v) is 11.0. The molecule has 0 aliphatic rings. The first-order valence-electron chi connectivity index (χ1n) is 5.86. The van der Waals surface area contributed by atoms with Gasteiger partial charge in [-0.05, 0) is 23.9 Å². The number of hydrogen-bond donors (Lipinski definition) is 2. The molecule has 0 aliphatic carbocycles. The largest absolute Gasteiger partial charge is 0.461 e. The van der Waals surface area contributed by atoms with Crippen molar-refractivity contribution in [2.24, 2.45) is 5.73 Å². The van der Waals surface area contributed by atoms with Crippen molar-refractivity contribution in [2.45, 2.75) is 6.42 Å². The Bertz CT molecular complexity index is 561. The lowest BCUT2D eigenvalue weighted by Gasteiger charge is -2.03. The summed E-state index contributed by atoms with van der Waals surface area (Å²) < 4.78 is 6.18. The quantitative estimate of drug-likeness (QED) is 0.649. The number of nitrogens with two attached hydrogens (primary N) is 1. The van der Waals surface area contributed by atoms with Crippen molar-refractivity contribution < 1.29 is 14.3 Å². The number of primary amides is 1. The van der Waals surface area contributed by atoms with Gasteiger partial charge in [0.2, 0.25) is 0 Å². The third kappa shape index (κ3) is 3.69. The van der Waals surface area contributed by atoms with Crippen molar-refractivity contribution in [1.29, 1.82) is 0 Å². The highest BCUT2D eigenvalue weighted by molar-refractivity contribution is 7.20. The second-order valence-electron chi connectivity index (χ2n) is 3.93. The number of hydrogen-bond acceptors (Lipinski definition) is 4. The summed E-state index contributed by atoms with van der Waals surface area (Å²) in [6.45, 7) is 0.655. The summed E-state index contributed by atoms with van der Waals surface area (Å²) >= 11 is 1.41. The van der Waals surface area contributed by atoms with E-state index in [0.717, 1.165) is 10.1 Å². The van der Waals surface area contributed by atoms with Crippen LogP contribution >= 0.6 is 11.3 Å². The predicted molar refractivity (Wildman–Crippen MR) is 74.3 cm³/mol. The van der Waals surface area contributed by atoms with Crippen molar-refractivity contribution >= 4 is 33.4 Å². The number of thiophene rings is 1. The molecule has 0 saturated carbocycles. The first-order valence-corrected chi connectivity index (χ1v) is 6.67. The molecule has 0 saturated heterocycles. The minimum absolute atomic E-state index is 0.257. The normalized spacial score (nSPS) is 10.3. The molecule has 2 aromatic rings. The van der Waals surface area contributed by atoms with Gasteiger partial charge in [-0.3, -0.25) is 0 Å². The second-order valence-corrected chi connectivity index (χ2v) is 5.01. The smallest absolute Gasteiger partial charge is 0.348 e. The maximum atomic E-state index is 11.8. The van der Waals surface area contributed by atoms with Gasteiger partial charge in [-0.15, -0.1) is 11.3 Å². The van der Waals surface area contributed by atoms with Crippen LogP contribution in [0.3, 0.4) is 0 Å². The van der Waals surface area contributed by atoms with Crippen molar-refractivity contribution in [2.75, 3.05) is 13.2 Å². The number of ether oxygens (including phenoxy) is 1. The van der Waals surface area contributed by atoms with Crippen LogP contribution in [0, 0.1) is 0 Å². The van der Waals surface area contributed by atoms with Crippen molar-refractivity contribution in [3.8, 4) is 0 Å². The molecule has 100 valence electrons. The highest BCUT2D eigenvalue weighted by Gasteiger charge is 2.10. The van der Waals surface area contributed by atoms with Crippen molar-refractivity contribution in [1.82, 2.24) is 5.32 Å². The Morgan fingerprint density at radius 2 is 2.11 bits per heavy atom. The zero-order chi connectivity index (χ0) is 13.7. The summed E-state index contributed by atoms with van der Waals surface area (Å²) in [4.78, 5) is 22.8. The Morgan fingerprint density at radius 1 is 1.32 bits per heavy atom. The van der Waals surface area contributed by atoms with Crippen LogP contribution in [-0.4, -0.2) is 25.2 Å². The van der Waals surface area contributed by atoms with Gasteiger partial charge >= 0.3 is 12.0 Å². The minimum atomic E-state index is -0.573. The van der Waals surface area contributed by atoms with Crippen LogP contribution in [-0.2, 0) is 4.74 Å². The number of carbonyl (C=O) groups excluding carboxylic acids is 2. The molecule has 1 aromatic heterocycles. The van der Waals surface area contributed by atoms with Gasteiger partial charge < -0.3 is 15.8 Å². The highest BCUT2D eigenvalue weighted by Crippen LogP contribution is 2.25. The van der Waals surface area contributed by atoms with Gasteiger partial charge in [0.25, 0.3) is 0 Å². The molecule has 1 heterocycles. The number of rotatable bonds is 5. The van der Waals surface area contributed by atoms with E-state index in [4.69, 9.17) is 10.5 Å². The molecule has 0 bridgehead atoms. The third-order valence-electron chi connectivity index (χ3n) is 2.48. The van der Waals surface area contributed by atoms with Gasteiger partial charge in [0.15, 0.2) is 0 Å². The fourth-order valence-corrected chi connectivity index (χ4v) is 2.56. The van der Waals surface area contributed by atoms with Crippen LogP contribution < -0.4 is 11.1 Å². The van der Waals surface area contributed by atoms with Crippen molar-refractivity contribution in [3.05, 3.63) is 35.2 Å². The first-order chi connectivity index (χ1) is 9.16. The number of fused-ring (bicyclic) bond motifs is 1. The average molecular weight is 278 g/mol. The van der Waals surface area contributed by atoms with Gasteiger partial charge in [0, 0.05) is 11.2 Å². The van der Waals surface area contributed by atoms with E-state index in [-0.39, 0.29) is 12.6 Å². The maximum Gasteiger partial charge on any atom is 0.348 e. The molecule has 0 unspecified atom stereocenters. The topological polar surface area (TPSA) is 81.4 Å². The molecule has 2 amide bonds. The number of amides is 2. The number of benzene rings is 1. The number of carbonyl (C=O) groups is 2. The summed E-state index contributed by atoms with van der Waals surface area (Å²) in [5.41, 5.74) is 4.91. The molecule has 1 aromatic carbocycles. The van der Waals surface area contributed by atoms with E-state index in [9.17, 15) is 9.59 Å². The van der Waals surface area contributed by atoms with Crippen molar-refractivity contribution in [3.63, 3.8) is 0 Å². The standard InChI is InChI=1S/C13H14N2O3S/c14-13(17)15-6-3-7-18-12(16)11-8-9-4-1-2-5-10(9)19-11/h1-2,4-5,8H,3,6-7H2,(H3,14,15,17). The van der Waals surface area contributed by atoms with E-state index in [1.807, 2.05) is 30.3 Å². The van der Waals surface area contributed by atoms with E-state index in [0.29, 0.717) is 17.8 Å². The lowest BCUT2D eigenvalue weighted by Crippen LogP contribution is -2.30. The van der Waals surface area contributed by atoms with Crippen LogP contribution in [0.5, 0.6) is 0 Å². The Labute approximate surface area is 114 Å². The molecule has 2 rings (SSSR count). The molecule has 19 heavy (non-hydrogen) atoms. The number of nitrogens with one attached hydrogen (secondary N) is 1. The Kier molecular flexibility index (Phi) is 4.35. The molecule has 0 spiro atoms. The van der Waals surface area contributed by atoms with Crippen LogP contribution in [0.1, 0.15) is 16.1 Å². The van der Waals surface area contributed by atoms with E-state index in [1.54, 1.807) is 0 Å². The predicted octanol–water partition coefficient (Wildman–Crippen LogP) is 2.12. The van der Waals surface area contributed by atoms with Crippen LogP contribution in [0.15, 0.2) is 30.3 Å². The molecular formula is C13H14N2O3S. The summed E-state index contributed by atoms with van der Waals surface area (Å²) in [7, 11) is 0. The Balaban J connectivity index is 1.84. The monoisotopic (exact) mass is 278 g/mol. The number of urea groups is 1. The van der Waals surface area contributed by atoms with Gasteiger partial charge in [-0.1, -0.05) is 18.2 Å². The average Bonchev–Trinajstić information content (AvgIpc) is 2.81. The second kappa shape index (κ2) is 6.19. The zero-order valence-electron chi connectivity index (χ0n) is 10.2. The number of esters is 1. The van der Waals surface area contributed by atoms with Gasteiger partial charge in [0.1, 0.15) is 4.88 Å². The molecule has 0 fully saturated rings. The fourth-order valence-electron chi connectivity index (χ4n) is 1.60. The summed E-state index contributed by atoms with van der Waals surface area (Å²) in [6.07, 6.45) is 0.541. The van der Waals surface area contributed by atoms with Gasteiger partial charge in [-0.25, -0.2) is 9.59 Å². The first kappa shape index (κ1) is 13.4. The summed E-state index contributed by atoms with van der Waals surface area (Å²) in [5.74, 6) is -0.333. The molecular weight excluding hydrogens is 264 g/mol. The Morgan fingerprint density at radius 3 is 2.84 bits per heavy atom. The fraction of sp³-hybridized carbons (Fsp3) is 0.231. The molecule has 5 nitrogen and oxygen atoms in total. The SMILES string of the molecule is NC(=O)NCCCOC(=O)c1cc2ccccc2s1. The highest BCUT2D eigenvalue weighted by atomic mass is 32.1. The lowest BCUT2D eigenvalue weighted by atomic mass is 10.2. The molecule has 6 heteroatoms. The maximum absolute atomic E-state index is 11.8. The van der Waals surface area contributed by atoms with E-state index >= 15 is 0 Å². The summed E-state index contributed by atoms with van der Waals surface area (Å²) in [6, 6.07) is 9.04. The third-order valence-corrected chi connectivity index (χ3v) is 3.58. The van der Waals surface area contributed by atoms with Crippen LogP contribution in [0.25, 0.3) is 10.1 Å². The summed E-state index contributed by atoms with van der Waals surface area (Å²) in [5, 5.41) is 3.47. The minimum Gasteiger partial charge on any atom is -0.461 e. The van der Waals surface area contributed by atoms with E-state index in [1.165, 1.54) is 11.3 Å². The molecule has 0 aliphatic heterocycles.